The average molecular weight is 395 g/mol. The molecule has 2 N–H and O–H groups in total. The van der Waals surface area contributed by atoms with Gasteiger partial charge in [-0.25, -0.2) is 4.99 Å². The van der Waals surface area contributed by atoms with Gasteiger partial charge in [-0.15, -0.1) is 0 Å². The Labute approximate surface area is 171 Å². The minimum atomic E-state index is -0.494. The van der Waals surface area contributed by atoms with E-state index in [9.17, 15) is 9.59 Å². The number of aromatic nitrogens is 2. The van der Waals surface area contributed by atoms with Crippen molar-refractivity contribution in [1.82, 2.24) is 14.9 Å². The van der Waals surface area contributed by atoms with Gasteiger partial charge in [0.1, 0.15) is 0 Å². The number of hydrogen-bond acceptors (Lipinski definition) is 5. The number of guanidine groups is 1. The zero-order valence-electron chi connectivity index (χ0n) is 15.8. The predicted octanol–water partition coefficient (Wildman–Crippen LogP) is 3.15. The third kappa shape index (κ3) is 3.12. The number of carbonyl (C=O) groups is 1. The molecule has 5 rings (SSSR count). The molecule has 1 amide bonds. The molecule has 0 unspecified atom stereocenters. The van der Waals surface area contributed by atoms with Crippen molar-refractivity contribution in [3.8, 4) is 0 Å². The van der Waals surface area contributed by atoms with E-state index in [1.54, 1.807) is 36.4 Å². The maximum atomic E-state index is 12.6. The monoisotopic (exact) mass is 395 g/mol. The Morgan fingerprint density at radius 2 is 1.57 bits per heavy atom. The van der Waals surface area contributed by atoms with Crippen molar-refractivity contribution in [2.45, 2.75) is 6.17 Å². The highest BCUT2D eigenvalue weighted by molar-refractivity contribution is 6.10. The van der Waals surface area contributed by atoms with Crippen LogP contribution in [-0.2, 0) is 0 Å². The summed E-state index contributed by atoms with van der Waals surface area (Å²) in [7, 11) is 0. The normalized spacial score (nSPS) is 15.1. The summed E-state index contributed by atoms with van der Waals surface area (Å²) < 4.78 is 1.87. The molecule has 3 aromatic carbocycles. The lowest BCUT2D eigenvalue weighted by Crippen LogP contribution is -2.41. The Hall–Kier alpha value is -4.26. The van der Waals surface area contributed by atoms with Crippen molar-refractivity contribution in [3.63, 3.8) is 0 Å². The first-order chi connectivity index (χ1) is 14.7. The summed E-state index contributed by atoms with van der Waals surface area (Å²) in [5.41, 5.74) is 1.79. The molecule has 0 bridgehead atoms. The van der Waals surface area contributed by atoms with Gasteiger partial charge in [-0.3, -0.25) is 24.8 Å². The van der Waals surface area contributed by atoms with Crippen molar-refractivity contribution in [3.05, 3.63) is 106 Å². The fourth-order valence-corrected chi connectivity index (χ4v) is 3.52. The predicted molar refractivity (Wildman–Crippen MR) is 116 cm³/mol. The molecule has 1 aliphatic rings. The van der Waals surface area contributed by atoms with Crippen LogP contribution in [0.2, 0.25) is 0 Å². The van der Waals surface area contributed by atoms with E-state index in [4.69, 9.17) is 4.99 Å². The molecule has 7 nitrogen and oxygen atoms in total. The second kappa shape index (κ2) is 7.29. The first-order valence-corrected chi connectivity index (χ1v) is 9.48. The summed E-state index contributed by atoms with van der Waals surface area (Å²) in [6.07, 6.45) is -0.494. The van der Waals surface area contributed by atoms with Crippen LogP contribution < -0.4 is 16.2 Å². The van der Waals surface area contributed by atoms with E-state index in [-0.39, 0.29) is 17.4 Å². The lowest BCUT2D eigenvalue weighted by molar-refractivity contribution is 0.0976. The SMILES string of the molecule is O=C(NC1=N[C@@H](c2ccccc2)n2c(nc(=O)c3ccccc32)N1)c1ccccc1. The number of para-hydroxylation sites is 1. The topological polar surface area (TPSA) is 88.4 Å². The van der Waals surface area contributed by atoms with E-state index in [1.165, 1.54) is 0 Å². The van der Waals surface area contributed by atoms with E-state index in [0.717, 1.165) is 5.56 Å². The van der Waals surface area contributed by atoms with Crippen LogP contribution in [0.25, 0.3) is 10.9 Å². The smallest absolute Gasteiger partial charge is 0.282 e. The maximum Gasteiger partial charge on any atom is 0.282 e. The Morgan fingerprint density at radius 3 is 2.33 bits per heavy atom. The minimum Gasteiger partial charge on any atom is -0.296 e. The number of hydrogen-bond donors (Lipinski definition) is 2. The van der Waals surface area contributed by atoms with E-state index in [0.29, 0.717) is 22.4 Å². The zero-order chi connectivity index (χ0) is 20.5. The van der Waals surface area contributed by atoms with E-state index in [2.05, 4.69) is 15.6 Å². The van der Waals surface area contributed by atoms with Gasteiger partial charge in [-0.1, -0.05) is 60.7 Å². The van der Waals surface area contributed by atoms with Crippen LogP contribution in [-0.4, -0.2) is 21.4 Å². The summed E-state index contributed by atoms with van der Waals surface area (Å²) in [5, 5.41) is 6.30. The number of amides is 1. The Bertz CT molecular complexity index is 1330. The van der Waals surface area contributed by atoms with Gasteiger partial charge in [0.25, 0.3) is 11.5 Å². The highest BCUT2D eigenvalue weighted by atomic mass is 16.2. The lowest BCUT2D eigenvalue weighted by atomic mass is 10.1. The van der Waals surface area contributed by atoms with Gasteiger partial charge >= 0.3 is 0 Å². The number of fused-ring (bicyclic) bond motifs is 3. The fourth-order valence-electron chi connectivity index (χ4n) is 3.52. The van der Waals surface area contributed by atoms with Gasteiger partial charge in [-0.05, 0) is 29.8 Å². The van der Waals surface area contributed by atoms with Crippen LogP contribution in [0.5, 0.6) is 0 Å². The van der Waals surface area contributed by atoms with Crippen LogP contribution in [0, 0.1) is 0 Å². The molecule has 0 fully saturated rings. The van der Waals surface area contributed by atoms with E-state index in [1.807, 2.05) is 53.1 Å². The highest BCUT2D eigenvalue weighted by Gasteiger charge is 2.26. The van der Waals surface area contributed by atoms with Crippen LogP contribution >= 0.6 is 0 Å². The molecule has 4 aromatic rings. The van der Waals surface area contributed by atoms with Crippen molar-refractivity contribution >= 4 is 28.7 Å². The van der Waals surface area contributed by atoms with E-state index >= 15 is 0 Å². The summed E-state index contributed by atoms with van der Waals surface area (Å²) in [5.74, 6) is 0.260. The molecule has 0 saturated heterocycles. The summed E-state index contributed by atoms with van der Waals surface area (Å²) >= 11 is 0. The molecule has 2 heterocycles. The van der Waals surface area contributed by atoms with Gasteiger partial charge in [0.15, 0.2) is 6.17 Å². The van der Waals surface area contributed by atoms with Crippen molar-refractivity contribution < 1.29 is 4.79 Å². The molecule has 146 valence electrons. The fraction of sp³-hybridized carbons (Fsp3) is 0.0435. The van der Waals surface area contributed by atoms with Gasteiger partial charge in [0, 0.05) is 5.56 Å². The van der Waals surface area contributed by atoms with Crippen LogP contribution in [0.1, 0.15) is 22.1 Å². The zero-order valence-corrected chi connectivity index (χ0v) is 15.8. The molecular weight excluding hydrogens is 378 g/mol. The van der Waals surface area contributed by atoms with Gasteiger partial charge in [0.2, 0.25) is 11.9 Å². The third-order valence-corrected chi connectivity index (χ3v) is 4.92. The molecule has 1 aromatic heterocycles. The molecule has 0 saturated carbocycles. The molecule has 30 heavy (non-hydrogen) atoms. The first kappa shape index (κ1) is 17.8. The minimum absolute atomic E-state index is 0.236. The van der Waals surface area contributed by atoms with Crippen LogP contribution in [0.15, 0.2) is 94.7 Å². The third-order valence-electron chi connectivity index (χ3n) is 4.92. The molecule has 0 aliphatic carbocycles. The quantitative estimate of drug-likeness (QED) is 0.546. The highest BCUT2D eigenvalue weighted by Crippen LogP contribution is 2.29. The summed E-state index contributed by atoms with van der Waals surface area (Å²) in [6.45, 7) is 0. The van der Waals surface area contributed by atoms with Gasteiger partial charge in [-0.2, -0.15) is 4.98 Å². The molecule has 0 radical (unpaired) electrons. The average Bonchev–Trinajstić information content (AvgIpc) is 2.80. The number of anilines is 1. The molecule has 0 spiro atoms. The standard InChI is InChI=1S/C23H17N5O2/c29-20(16-11-5-2-6-12-16)25-22-24-19(15-9-3-1-4-10-15)28-18-14-8-7-13-17(18)21(30)26-23(28)27-22/h1-14,19H,(H2,24,25,26,27,29,30)/t19-/m1/s1. The maximum absolute atomic E-state index is 12.6. The summed E-state index contributed by atoms with van der Waals surface area (Å²) in [6, 6.07) is 25.8. The Kier molecular flexibility index (Phi) is 4.33. The Balaban J connectivity index is 1.63. The number of nitrogens with one attached hydrogen (secondary N) is 2. The van der Waals surface area contributed by atoms with Crippen molar-refractivity contribution in [1.29, 1.82) is 0 Å². The molecule has 1 atom stereocenters. The van der Waals surface area contributed by atoms with Gasteiger partial charge < -0.3 is 0 Å². The van der Waals surface area contributed by atoms with Crippen LogP contribution in [0.4, 0.5) is 5.95 Å². The number of rotatable bonds is 2. The molecule has 7 heteroatoms. The van der Waals surface area contributed by atoms with Gasteiger partial charge in [0.05, 0.1) is 10.9 Å². The number of benzene rings is 3. The lowest BCUT2D eigenvalue weighted by Gasteiger charge is -2.28. The number of carbonyl (C=O) groups excluding carboxylic acids is 1. The first-order valence-electron chi connectivity index (χ1n) is 9.48. The Morgan fingerprint density at radius 1 is 0.900 bits per heavy atom. The number of aliphatic imine (C=N–C) groups is 1. The van der Waals surface area contributed by atoms with Crippen molar-refractivity contribution in [2.24, 2.45) is 4.99 Å². The van der Waals surface area contributed by atoms with Crippen molar-refractivity contribution in [2.75, 3.05) is 5.32 Å². The largest absolute Gasteiger partial charge is 0.296 e. The summed E-state index contributed by atoms with van der Waals surface area (Å²) in [4.78, 5) is 34.1. The number of nitrogens with zero attached hydrogens (tertiary/aromatic N) is 3. The molecule has 1 aliphatic heterocycles. The second-order valence-corrected chi connectivity index (χ2v) is 6.83. The van der Waals surface area contributed by atoms with Crippen LogP contribution in [0.3, 0.4) is 0 Å². The van der Waals surface area contributed by atoms with E-state index < -0.39 is 6.17 Å². The second-order valence-electron chi connectivity index (χ2n) is 6.83. The molecular formula is C23H17N5O2.